The van der Waals surface area contributed by atoms with Gasteiger partial charge in [0.2, 0.25) is 0 Å². The molecule has 0 amide bonds. The quantitative estimate of drug-likeness (QED) is 0.628. The molecule has 0 aliphatic carbocycles. The zero-order valence-corrected chi connectivity index (χ0v) is 7.73. The summed E-state index contributed by atoms with van der Waals surface area (Å²) < 4.78 is 5.51. The van der Waals surface area contributed by atoms with Crippen molar-refractivity contribution < 1.29 is 4.74 Å². The molecule has 1 aromatic carbocycles. The Kier molecular flexibility index (Phi) is 2.48. The minimum Gasteiger partial charge on any atom is -0.490 e. The van der Waals surface area contributed by atoms with Crippen molar-refractivity contribution in [3.8, 4) is 5.75 Å². The van der Waals surface area contributed by atoms with Gasteiger partial charge in [-0.05, 0) is 30.7 Å². The molecule has 2 rings (SSSR count). The van der Waals surface area contributed by atoms with Gasteiger partial charge in [0.25, 0.3) is 0 Å². The van der Waals surface area contributed by atoms with Gasteiger partial charge in [-0.3, -0.25) is 0 Å². The number of benzene rings is 1. The van der Waals surface area contributed by atoms with Gasteiger partial charge in [-0.1, -0.05) is 0 Å². The van der Waals surface area contributed by atoms with E-state index < -0.39 is 0 Å². The minimum absolute atomic E-state index is 0. The molecule has 0 fully saturated rings. The predicted octanol–water partition coefficient (Wildman–Crippen LogP) is 2.01. The van der Waals surface area contributed by atoms with Crippen molar-refractivity contribution in [1.29, 1.82) is 0 Å². The SMILES string of the molecule is CC1Cc2cc(N)ccc2O1.Cl. The molecule has 0 radical (unpaired) electrons. The van der Waals surface area contributed by atoms with Crippen LogP contribution in [0.3, 0.4) is 0 Å². The van der Waals surface area contributed by atoms with Crippen LogP contribution in [0.1, 0.15) is 12.5 Å². The standard InChI is InChI=1S/C9H11NO.ClH/c1-6-4-7-5-8(10)2-3-9(7)11-6;/h2-3,5-6H,4,10H2,1H3;1H. The lowest BCUT2D eigenvalue weighted by Crippen LogP contribution is -2.05. The molecule has 1 atom stereocenters. The van der Waals surface area contributed by atoms with E-state index in [4.69, 9.17) is 10.5 Å². The number of nitrogen functional groups attached to an aromatic ring is 1. The molecule has 1 aromatic rings. The van der Waals surface area contributed by atoms with Gasteiger partial charge in [0.05, 0.1) is 0 Å². The number of fused-ring (bicyclic) bond motifs is 1. The van der Waals surface area contributed by atoms with E-state index in [1.807, 2.05) is 18.2 Å². The summed E-state index contributed by atoms with van der Waals surface area (Å²) in [4.78, 5) is 0. The molecule has 2 N–H and O–H groups in total. The van der Waals surface area contributed by atoms with Crippen LogP contribution in [-0.2, 0) is 6.42 Å². The molecule has 1 aliphatic rings. The first-order chi connectivity index (χ1) is 5.25. The lowest BCUT2D eigenvalue weighted by Gasteiger charge is -2.01. The molecule has 2 nitrogen and oxygen atoms in total. The van der Waals surface area contributed by atoms with E-state index in [2.05, 4.69) is 6.92 Å². The Hall–Kier alpha value is -0.890. The van der Waals surface area contributed by atoms with Crippen molar-refractivity contribution in [2.75, 3.05) is 5.73 Å². The summed E-state index contributed by atoms with van der Waals surface area (Å²) in [5.74, 6) is 0.992. The summed E-state index contributed by atoms with van der Waals surface area (Å²) in [6.07, 6.45) is 1.30. The first-order valence-electron chi connectivity index (χ1n) is 3.81. The highest BCUT2D eigenvalue weighted by atomic mass is 35.5. The second-order valence-electron chi connectivity index (χ2n) is 3.00. The van der Waals surface area contributed by atoms with Gasteiger partial charge < -0.3 is 10.5 Å². The summed E-state index contributed by atoms with van der Waals surface area (Å²) >= 11 is 0. The van der Waals surface area contributed by atoms with Crippen LogP contribution in [0.4, 0.5) is 5.69 Å². The maximum Gasteiger partial charge on any atom is 0.123 e. The molecule has 0 saturated carbocycles. The number of rotatable bonds is 0. The van der Waals surface area contributed by atoms with E-state index >= 15 is 0 Å². The van der Waals surface area contributed by atoms with Crippen LogP contribution >= 0.6 is 12.4 Å². The topological polar surface area (TPSA) is 35.2 Å². The Balaban J connectivity index is 0.000000720. The average molecular weight is 186 g/mol. The number of halogens is 1. The van der Waals surface area contributed by atoms with Crippen molar-refractivity contribution in [2.45, 2.75) is 19.4 Å². The molecule has 3 heteroatoms. The smallest absolute Gasteiger partial charge is 0.123 e. The summed E-state index contributed by atoms with van der Waals surface area (Å²) in [5.41, 5.74) is 7.68. The Morgan fingerprint density at radius 1 is 1.50 bits per heavy atom. The third-order valence-electron chi connectivity index (χ3n) is 1.92. The van der Waals surface area contributed by atoms with Crippen molar-refractivity contribution in [3.05, 3.63) is 23.8 Å². The number of anilines is 1. The zero-order chi connectivity index (χ0) is 7.84. The number of hydrogen-bond donors (Lipinski definition) is 1. The number of ether oxygens (including phenoxy) is 1. The Labute approximate surface area is 78.1 Å². The Morgan fingerprint density at radius 3 is 3.00 bits per heavy atom. The molecule has 0 bridgehead atoms. The predicted molar refractivity (Wildman–Crippen MR) is 51.9 cm³/mol. The number of hydrogen-bond acceptors (Lipinski definition) is 2. The van der Waals surface area contributed by atoms with Gasteiger partial charge in [0, 0.05) is 12.1 Å². The van der Waals surface area contributed by atoms with E-state index in [0.717, 1.165) is 17.9 Å². The molecule has 0 saturated heterocycles. The van der Waals surface area contributed by atoms with Crippen molar-refractivity contribution in [1.82, 2.24) is 0 Å². The fraction of sp³-hybridized carbons (Fsp3) is 0.333. The normalized spacial score (nSPS) is 19.2. The largest absolute Gasteiger partial charge is 0.490 e. The van der Waals surface area contributed by atoms with Crippen LogP contribution in [0.25, 0.3) is 0 Å². The molecular weight excluding hydrogens is 174 g/mol. The van der Waals surface area contributed by atoms with Gasteiger partial charge in [0.1, 0.15) is 11.9 Å². The summed E-state index contributed by atoms with van der Waals surface area (Å²) in [6.45, 7) is 2.07. The molecular formula is C9H12ClNO. The van der Waals surface area contributed by atoms with Crippen molar-refractivity contribution in [3.63, 3.8) is 0 Å². The molecule has 0 aromatic heterocycles. The van der Waals surface area contributed by atoms with E-state index in [1.165, 1.54) is 5.56 Å². The monoisotopic (exact) mass is 185 g/mol. The first kappa shape index (κ1) is 9.20. The van der Waals surface area contributed by atoms with Crippen LogP contribution < -0.4 is 10.5 Å². The fourth-order valence-electron chi connectivity index (χ4n) is 1.44. The van der Waals surface area contributed by atoms with E-state index in [-0.39, 0.29) is 12.4 Å². The van der Waals surface area contributed by atoms with Gasteiger partial charge >= 0.3 is 0 Å². The zero-order valence-electron chi connectivity index (χ0n) is 6.91. The minimum atomic E-state index is 0. The lowest BCUT2D eigenvalue weighted by atomic mass is 10.1. The van der Waals surface area contributed by atoms with Crippen molar-refractivity contribution >= 4 is 18.1 Å². The number of nitrogens with two attached hydrogens (primary N) is 1. The van der Waals surface area contributed by atoms with Crippen molar-refractivity contribution in [2.24, 2.45) is 0 Å². The molecule has 66 valence electrons. The summed E-state index contributed by atoms with van der Waals surface area (Å²) in [7, 11) is 0. The molecule has 12 heavy (non-hydrogen) atoms. The Morgan fingerprint density at radius 2 is 2.25 bits per heavy atom. The second-order valence-corrected chi connectivity index (χ2v) is 3.00. The van der Waals surface area contributed by atoms with Gasteiger partial charge in [-0.2, -0.15) is 0 Å². The third-order valence-corrected chi connectivity index (χ3v) is 1.92. The molecule has 0 spiro atoms. The lowest BCUT2D eigenvalue weighted by molar-refractivity contribution is 0.254. The summed E-state index contributed by atoms with van der Waals surface area (Å²) in [6, 6.07) is 5.80. The highest BCUT2D eigenvalue weighted by Gasteiger charge is 2.17. The maximum absolute atomic E-state index is 5.62. The molecule has 1 aliphatic heterocycles. The van der Waals surface area contributed by atoms with E-state index in [0.29, 0.717) is 6.10 Å². The molecule has 1 heterocycles. The van der Waals surface area contributed by atoms with Crippen LogP contribution in [0.5, 0.6) is 5.75 Å². The van der Waals surface area contributed by atoms with E-state index in [1.54, 1.807) is 0 Å². The first-order valence-corrected chi connectivity index (χ1v) is 3.81. The van der Waals surface area contributed by atoms with Crippen LogP contribution in [0, 0.1) is 0 Å². The van der Waals surface area contributed by atoms with Gasteiger partial charge in [0.15, 0.2) is 0 Å². The third kappa shape index (κ3) is 1.48. The average Bonchev–Trinajstić information content (AvgIpc) is 2.27. The maximum atomic E-state index is 5.62. The molecule has 1 unspecified atom stereocenters. The highest BCUT2D eigenvalue weighted by Crippen LogP contribution is 2.29. The summed E-state index contributed by atoms with van der Waals surface area (Å²) in [5, 5.41) is 0. The van der Waals surface area contributed by atoms with Crippen LogP contribution in [-0.4, -0.2) is 6.10 Å². The van der Waals surface area contributed by atoms with Crippen LogP contribution in [0.15, 0.2) is 18.2 Å². The van der Waals surface area contributed by atoms with Gasteiger partial charge in [-0.25, -0.2) is 0 Å². The highest BCUT2D eigenvalue weighted by molar-refractivity contribution is 5.85. The van der Waals surface area contributed by atoms with Crippen LogP contribution in [0.2, 0.25) is 0 Å². The fourth-order valence-corrected chi connectivity index (χ4v) is 1.44. The Bertz CT molecular complexity index is 288. The van der Waals surface area contributed by atoms with Gasteiger partial charge in [-0.15, -0.1) is 12.4 Å². The van der Waals surface area contributed by atoms with E-state index in [9.17, 15) is 0 Å². The second kappa shape index (κ2) is 3.23.